The summed E-state index contributed by atoms with van der Waals surface area (Å²) in [5, 5.41) is 14.8. The van der Waals surface area contributed by atoms with Crippen LogP contribution in [0.1, 0.15) is 20.7 Å². The van der Waals surface area contributed by atoms with E-state index in [0.717, 1.165) is 10.2 Å². The number of pyridine rings is 1. The minimum absolute atomic E-state index is 0.0644. The Kier molecular flexibility index (Phi) is 3.79. The molecule has 0 unspecified atom stereocenters. The summed E-state index contributed by atoms with van der Waals surface area (Å²) in [6.07, 6.45) is 1.46. The highest BCUT2D eigenvalue weighted by molar-refractivity contribution is 7.16. The minimum atomic E-state index is -1.16. The fourth-order valence-electron chi connectivity index (χ4n) is 1.98. The number of nitrogens with one attached hydrogen (secondary N) is 1. The van der Waals surface area contributed by atoms with Crippen LogP contribution in [0.3, 0.4) is 0 Å². The monoisotopic (exact) mass is 332 g/mol. The molecule has 7 heteroatoms. The van der Waals surface area contributed by atoms with Gasteiger partial charge in [0.05, 0.1) is 16.8 Å². The first-order valence-electron chi connectivity index (χ1n) is 6.22. The van der Waals surface area contributed by atoms with Crippen LogP contribution in [0.5, 0.6) is 0 Å². The Morgan fingerprint density at radius 2 is 2.05 bits per heavy atom. The van der Waals surface area contributed by atoms with Crippen LogP contribution in [0.15, 0.2) is 41.9 Å². The first-order chi connectivity index (χ1) is 10.5. The van der Waals surface area contributed by atoms with Crippen molar-refractivity contribution in [2.75, 3.05) is 5.32 Å². The third-order valence-corrected chi connectivity index (χ3v) is 4.10. The average Bonchev–Trinajstić information content (AvgIpc) is 2.96. The molecule has 0 fully saturated rings. The zero-order chi connectivity index (χ0) is 15.7. The number of hydrogen-bond acceptors (Lipinski definition) is 4. The number of carboxylic acids is 1. The van der Waals surface area contributed by atoms with Gasteiger partial charge in [0.25, 0.3) is 5.91 Å². The predicted molar refractivity (Wildman–Crippen MR) is 86.0 cm³/mol. The third-order valence-electron chi connectivity index (χ3n) is 3.03. The van der Waals surface area contributed by atoms with Gasteiger partial charge in [-0.3, -0.25) is 4.79 Å². The molecule has 0 radical (unpaired) electrons. The molecule has 1 amide bonds. The van der Waals surface area contributed by atoms with E-state index < -0.39 is 11.9 Å². The van der Waals surface area contributed by atoms with E-state index in [4.69, 9.17) is 16.7 Å². The molecule has 3 rings (SSSR count). The van der Waals surface area contributed by atoms with Gasteiger partial charge < -0.3 is 10.4 Å². The number of thiophene rings is 1. The lowest BCUT2D eigenvalue weighted by atomic mass is 10.1. The number of anilines is 1. The quantitative estimate of drug-likeness (QED) is 0.762. The molecule has 0 saturated heterocycles. The molecule has 0 aliphatic heterocycles. The standard InChI is InChI=1S/C15H9ClN2O3S/c16-10-1-2-12(11(6-10)15(20)21)18-13(19)9-5-8-3-4-22-14(8)17-7-9/h1-7H,(H,18,19)(H,20,21). The number of aromatic nitrogens is 1. The van der Waals surface area contributed by atoms with Crippen LogP contribution in [-0.2, 0) is 0 Å². The Balaban J connectivity index is 1.92. The molecule has 1 aromatic carbocycles. The van der Waals surface area contributed by atoms with E-state index in [1.807, 2.05) is 11.4 Å². The molecule has 0 spiro atoms. The first kappa shape index (κ1) is 14.5. The molecule has 2 N–H and O–H groups in total. The Hall–Kier alpha value is -2.44. The second kappa shape index (κ2) is 5.75. The van der Waals surface area contributed by atoms with Crippen LogP contribution >= 0.6 is 22.9 Å². The third kappa shape index (κ3) is 2.79. The molecule has 0 bridgehead atoms. The van der Waals surface area contributed by atoms with Crippen molar-refractivity contribution in [3.05, 3.63) is 58.1 Å². The van der Waals surface area contributed by atoms with Crippen molar-refractivity contribution in [2.24, 2.45) is 0 Å². The summed E-state index contributed by atoms with van der Waals surface area (Å²) < 4.78 is 0. The summed E-state index contributed by atoms with van der Waals surface area (Å²) in [6.45, 7) is 0. The van der Waals surface area contributed by atoms with Crippen LogP contribution in [-0.4, -0.2) is 22.0 Å². The van der Waals surface area contributed by atoms with Gasteiger partial charge >= 0.3 is 5.97 Å². The molecule has 0 aliphatic rings. The second-order valence-electron chi connectivity index (χ2n) is 4.49. The van der Waals surface area contributed by atoms with E-state index in [9.17, 15) is 9.59 Å². The first-order valence-corrected chi connectivity index (χ1v) is 7.48. The summed E-state index contributed by atoms with van der Waals surface area (Å²) in [4.78, 5) is 28.5. The van der Waals surface area contributed by atoms with Gasteiger partial charge in [-0.25, -0.2) is 9.78 Å². The van der Waals surface area contributed by atoms with Gasteiger partial charge in [0, 0.05) is 16.6 Å². The number of benzene rings is 1. The molecule has 22 heavy (non-hydrogen) atoms. The fraction of sp³-hybridized carbons (Fsp3) is 0. The highest BCUT2D eigenvalue weighted by atomic mass is 35.5. The molecule has 2 aromatic heterocycles. The number of halogens is 1. The average molecular weight is 333 g/mol. The van der Waals surface area contributed by atoms with Gasteiger partial charge in [-0.1, -0.05) is 11.6 Å². The normalized spacial score (nSPS) is 10.6. The highest BCUT2D eigenvalue weighted by Gasteiger charge is 2.15. The number of hydrogen-bond donors (Lipinski definition) is 2. The molecule has 2 heterocycles. The van der Waals surface area contributed by atoms with Crippen molar-refractivity contribution in [1.82, 2.24) is 4.98 Å². The summed E-state index contributed by atoms with van der Waals surface area (Å²) in [6, 6.07) is 7.85. The van der Waals surface area contributed by atoms with Crippen molar-refractivity contribution in [3.63, 3.8) is 0 Å². The number of fused-ring (bicyclic) bond motifs is 1. The molecule has 0 atom stereocenters. The van der Waals surface area contributed by atoms with Gasteiger partial charge in [0.2, 0.25) is 0 Å². The Bertz CT molecular complexity index is 891. The van der Waals surface area contributed by atoms with Crippen molar-refractivity contribution >= 4 is 50.7 Å². The molecule has 110 valence electrons. The number of rotatable bonds is 3. The minimum Gasteiger partial charge on any atom is -0.478 e. The highest BCUT2D eigenvalue weighted by Crippen LogP contribution is 2.23. The van der Waals surface area contributed by atoms with E-state index >= 15 is 0 Å². The summed E-state index contributed by atoms with van der Waals surface area (Å²) >= 11 is 7.27. The van der Waals surface area contributed by atoms with Crippen molar-refractivity contribution in [1.29, 1.82) is 0 Å². The lowest BCUT2D eigenvalue weighted by Gasteiger charge is -2.09. The smallest absolute Gasteiger partial charge is 0.337 e. The maximum Gasteiger partial charge on any atom is 0.337 e. The topological polar surface area (TPSA) is 79.3 Å². The number of carbonyl (C=O) groups excluding carboxylic acids is 1. The van der Waals surface area contributed by atoms with Gasteiger partial charge in [-0.15, -0.1) is 11.3 Å². The van der Waals surface area contributed by atoms with E-state index in [1.165, 1.54) is 35.7 Å². The summed E-state index contributed by atoms with van der Waals surface area (Å²) in [7, 11) is 0. The number of carboxylic acid groups (broad SMARTS) is 1. The van der Waals surface area contributed by atoms with Crippen LogP contribution in [0.2, 0.25) is 5.02 Å². The molecule has 0 aliphatic carbocycles. The van der Waals surface area contributed by atoms with Gasteiger partial charge in [-0.2, -0.15) is 0 Å². The number of nitrogens with zero attached hydrogens (tertiary/aromatic N) is 1. The maximum atomic E-state index is 12.3. The zero-order valence-corrected chi connectivity index (χ0v) is 12.6. The Morgan fingerprint density at radius 1 is 1.23 bits per heavy atom. The van der Waals surface area contributed by atoms with Crippen LogP contribution in [0, 0.1) is 0 Å². The van der Waals surface area contributed by atoms with Crippen molar-refractivity contribution in [3.8, 4) is 0 Å². The summed E-state index contributed by atoms with van der Waals surface area (Å²) in [5.74, 6) is -1.59. The molecule has 5 nitrogen and oxygen atoms in total. The van der Waals surface area contributed by atoms with Crippen molar-refractivity contribution in [2.45, 2.75) is 0 Å². The Labute approximate surface area is 134 Å². The van der Waals surface area contributed by atoms with E-state index in [-0.39, 0.29) is 16.3 Å². The van der Waals surface area contributed by atoms with Crippen LogP contribution in [0.4, 0.5) is 5.69 Å². The van der Waals surface area contributed by atoms with E-state index in [1.54, 1.807) is 6.07 Å². The fourth-order valence-corrected chi connectivity index (χ4v) is 2.87. The second-order valence-corrected chi connectivity index (χ2v) is 5.82. The lowest BCUT2D eigenvalue weighted by Crippen LogP contribution is -2.15. The van der Waals surface area contributed by atoms with Gasteiger partial charge in [0.1, 0.15) is 4.83 Å². The maximum absolute atomic E-state index is 12.3. The largest absolute Gasteiger partial charge is 0.478 e. The molecule has 0 saturated carbocycles. The molecule has 3 aromatic rings. The van der Waals surface area contributed by atoms with Gasteiger partial charge in [0.15, 0.2) is 0 Å². The SMILES string of the molecule is O=C(Nc1ccc(Cl)cc1C(=O)O)c1cnc2sccc2c1. The van der Waals surface area contributed by atoms with Crippen LogP contribution in [0.25, 0.3) is 10.2 Å². The number of carbonyl (C=O) groups is 2. The lowest BCUT2D eigenvalue weighted by molar-refractivity contribution is 0.0698. The van der Waals surface area contributed by atoms with Gasteiger partial charge in [-0.05, 0) is 35.7 Å². The van der Waals surface area contributed by atoms with Crippen LogP contribution < -0.4 is 5.32 Å². The van der Waals surface area contributed by atoms with E-state index in [0.29, 0.717) is 5.56 Å². The molecular weight excluding hydrogens is 324 g/mol. The van der Waals surface area contributed by atoms with E-state index in [2.05, 4.69) is 10.3 Å². The number of aromatic carboxylic acids is 1. The Morgan fingerprint density at radius 3 is 2.82 bits per heavy atom. The summed E-state index contributed by atoms with van der Waals surface area (Å²) in [5.41, 5.74) is 0.481. The number of amides is 1. The molecular formula is C15H9ClN2O3S. The van der Waals surface area contributed by atoms with Crippen molar-refractivity contribution < 1.29 is 14.7 Å². The predicted octanol–water partition coefficient (Wildman–Crippen LogP) is 3.90. The zero-order valence-electron chi connectivity index (χ0n) is 11.0.